The number of fused-ring (bicyclic) bond motifs is 3. The van der Waals surface area contributed by atoms with Gasteiger partial charge in [-0.2, -0.15) is 13.2 Å². The van der Waals surface area contributed by atoms with E-state index >= 15 is 0 Å². The molecule has 2 aliphatic carbocycles. The second kappa shape index (κ2) is 11.6. The molecule has 5 atom stereocenters. The minimum absolute atomic E-state index is 0.0895. The largest absolute Gasteiger partial charge is 0.414 e. The zero-order valence-corrected chi connectivity index (χ0v) is 24.1. The van der Waals surface area contributed by atoms with E-state index in [9.17, 15) is 23.1 Å². The van der Waals surface area contributed by atoms with Gasteiger partial charge in [-0.25, -0.2) is 9.78 Å². The van der Waals surface area contributed by atoms with E-state index in [2.05, 4.69) is 26.5 Å². The van der Waals surface area contributed by atoms with Crippen LogP contribution < -0.4 is 25.3 Å². The van der Waals surface area contributed by atoms with Crippen molar-refractivity contribution >= 4 is 28.9 Å². The number of anilines is 4. The van der Waals surface area contributed by atoms with Crippen LogP contribution in [0.15, 0.2) is 42.6 Å². The maximum Gasteiger partial charge on any atom is 0.414 e. The van der Waals surface area contributed by atoms with Gasteiger partial charge in [-0.3, -0.25) is 4.90 Å². The van der Waals surface area contributed by atoms with E-state index in [1.807, 2.05) is 43.5 Å². The Kier molecular flexibility index (Phi) is 7.99. The van der Waals surface area contributed by atoms with Gasteiger partial charge in [0.15, 0.2) is 6.10 Å². The molecule has 2 aliphatic heterocycles. The summed E-state index contributed by atoms with van der Waals surface area (Å²) in [5.41, 5.74) is 1.61. The van der Waals surface area contributed by atoms with Crippen molar-refractivity contribution in [2.45, 2.75) is 63.8 Å². The van der Waals surface area contributed by atoms with Crippen molar-refractivity contribution in [3.05, 3.63) is 42.6 Å². The summed E-state index contributed by atoms with van der Waals surface area (Å²) < 4.78 is 41.0. The Hall–Kier alpha value is -3.05. The number of alkyl halides is 3. The number of para-hydroxylation sites is 2. The third-order valence-corrected chi connectivity index (χ3v) is 10.0. The maximum absolute atomic E-state index is 13.7. The van der Waals surface area contributed by atoms with Crippen LogP contribution in [0, 0.1) is 17.3 Å². The molecule has 1 aromatic carbocycles. The summed E-state index contributed by atoms with van der Waals surface area (Å²) in [7, 11) is 0. The summed E-state index contributed by atoms with van der Waals surface area (Å²) in [5, 5.41) is 16.9. The fourth-order valence-corrected chi connectivity index (χ4v) is 7.87. The lowest BCUT2D eigenvalue weighted by molar-refractivity contribution is -0.255. The Bertz CT molecular complexity index is 1250. The van der Waals surface area contributed by atoms with Gasteiger partial charge in [0.2, 0.25) is 0 Å². The van der Waals surface area contributed by atoms with Gasteiger partial charge in [0.05, 0.1) is 23.3 Å². The molecule has 1 aromatic heterocycles. The summed E-state index contributed by atoms with van der Waals surface area (Å²) in [6.07, 6.45) is -2.14. The van der Waals surface area contributed by atoms with Crippen LogP contribution in [0.25, 0.3) is 0 Å². The predicted octanol–water partition coefficient (Wildman–Crippen LogP) is 5.06. The number of aromatic nitrogens is 1. The van der Waals surface area contributed by atoms with Crippen LogP contribution in [0.4, 0.5) is 40.8 Å². The summed E-state index contributed by atoms with van der Waals surface area (Å²) in [6, 6.07) is 11.5. The topological polar surface area (TPSA) is 84.0 Å². The summed E-state index contributed by atoms with van der Waals surface area (Å²) >= 11 is 0. The lowest BCUT2D eigenvalue weighted by Crippen LogP contribution is -2.58. The number of urea groups is 1. The first-order chi connectivity index (χ1) is 20.2. The molecule has 0 radical (unpaired) electrons. The Morgan fingerprint density at radius 1 is 1.12 bits per heavy atom. The molecule has 42 heavy (non-hydrogen) atoms. The molecule has 2 bridgehead atoms. The van der Waals surface area contributed by atoms with Gasteiger partial charge in [0.1, 0.15) is 5.82 Å². The summed E-state index contributed by atoms with van der Waals surface area (Å²) in [5.74, 6) is 0.838. The molecule has 4 aliphatic rings. The van der Waals surface area contributed by atoms with E-state index in [0.29, 0.717) is 25.9 Å². The normalized spacial score (nSPS) is 28.7. The highest BCUT2D eigenvalue weighted by atomic mass is 19.4. The van der Waals surface area contributed by atoms with E-state index in [1.54, 1.807) is 4.90 Å². The molecule has 2 aromatic rings. The Morgan fingerprint density at radius 2 is 1.88 bits per heavy atom. The number of hydrogen-bond acceptors (Lipinski definition) is 6. The van der Waals surface area contributed by atoms with Crippen molar-refractivity contribution < 1.29 is 23.1 Å². The van der Waals surface area contributed by atoms with Gasteiger partial charge in [0.25, 0.3) is 0 Å². The standard InChI is InChI=1S/C31H41F3N6O2/c1-2-21-17-22-19-30(18-21,28(41)31(32,33)34)10-9-24(22)37-29(42)40-16-15-39(25-5-3-4-6-26(25)40)27-8-7-23(20-36-27)38-13-11-35-12-14-38/h3-8,20-22,24,28,35,41H,2,9-19H2,1H3,(H,37,42)/t21?,22?,24-,28?,30-/m0/s1. The van der Waals surface area contributed by atoms with Gasteiger partial charge < -0.3 is 25.5 Å². The minimum Gasteiger partial charge on any atom is -0.383 e. The van der Waals surface area contributed by atoms with Crippen LogP contribution in [-0.2, 0) is 0 Å². The van der Waals surface area contributed by atoms with Crippen molar-refractivity contribution in [3.63, 3.8) is 0 Å². The summed E-state index contributed by atoms with van der Waals surface area (Å²) in [4.78, 5) is 24.7. The van der Waals surface area contributed by atoms with E-state index in [-0.39, 0.29) is 36.8 Å². The molecule has 3 N–H and O–H groups in total. The van der Waals surface area contributed by atoms with Gasteiger partial charge in [0, 0.05) is 50.7 Å². The smallest absolute Gasteiger partial charge is 0.383 e. The number of nitrogens with zero attached hydrogens (tertiary/aromatic N) is 4. The molecule has 8 nitrogen and oxygen atoms in total. The number of nitrogens with one attached hydrogen (secondary N) is 2. The summed E-state index contributed by atoms with van der Waals surface area (Å²) in [6.45, 7) is 6.82. The zero-order valence-electron chi connectivity index (χ0n) is 24.1. The molecule has 6 rings (SSSR count). The number of halogens is 3. The first-order valence-corrected chi connectivity index (χ1v) is 15.3. The first kappa shape index (κ1) is 29.0. The van der Waals surface area contributed by atoms with E-state index in [4.69, 9.17) is 4.98 Å². The number of amides is 2. The molecular formula is C31H41F3N6O2. The van der Waals surface area contributed by atoms with Gasteiger partial charge in [-0.1, -0.05) is 25.5 Å². The van der Waals surface area contributed by atoms with Gasteiger partial charge >= 0.3 is 12.2 Å². The van der Waals surface area contributed by atoms with Crippen LogP contribution >= 0.6 is 0 Å². The molecule has 228 valence electrons. The van der Waals surface area contributed by atoms with Crippen molar-refractivity contribution in [1.82, 2.24) is 15.6 Å². The first-order valence-electron chi connectivity index (χ1n) is 15.3. The van der Waals surface area contributed by atoms with Crippen LogP contribution in [0.5, 0.6) is 0 Å². The molecule has 11 heteroatoms. The molecule has 2 amide bonds. The number of carbonyl (C=O) groups is 1. The number of aliphatic hydroxyl groups is 1. The highest BCUT2D eigenvalue weighted by Crippen LogP contribution is 2.56. The molecular weight excluding hydrogens is 545 g/mol. The Balaban J connectivity index is 1.17. The molecule has 3 unspecified atom stereocenters. The van der Waals surface area contributed by atoms with Crippen LogP contribution in [0.2, 0.25) is 0 Å². The zero-order chi connectivity index (χ0) is 29.5. The Labute approximate surface area is 245 Å². The lowest BCUT2D eigenvalue weighted by Gasteiger charge is -2.53. The van der Waals surface area contributed by atoms with E-state index in [0.717, 1.165) is 61.9 Å². The minimum atomic E-state index is -4.64. The lowest BCUT2D eigenvalue weighted by atomic mass is 9.55. The second-order valence-corrected chi connectivity index (χ2v) is 12.5. The van der Waals surface area contributed by atoms with E-state index in [1.165, 1.54) is 0 Å². The van der Waals surface area contributed by atoms with Crippen molar-refractivity contribution in [1.29, 1.82) is 0 Å². The SMILES string of the molecule is CCC1CC2C[C@](C(O)C(F)(F)F)(CC[C@@H]2NC(=O)N2CCN(c3ccc(N4CCNCC4)cn3)c3ccccc32)C1. The average Bonchev–Trinajstić information content (AvgIpc) is 3.01. The fourth-order valence-electron chi connectivity index (χ4n) is 7.87. The van der Waals surface area contributed by atoms with Crippen molar-refractivity contribution in [3.8, 4) is 0 Å². The molecule has 0 spiro atoms. The predicted molar refractivity (Wildman–Crippen MR) is 157 cm³/mol. The Morgan fingerprint density at radius 3 is 2.57 bits per heavy atom. The number of pyridine rings is 1. The van der Waals surface area contributed by atoms with Gasteiger partial charge in [-0.05, 0) is 68.2 Å². The van der Waals surface area contributed by atoms with Crippen molar-refractivity contribution in [2.24, 2.45) is 17.3 Å². The number of piperazine rings is 1. The average molecular weight is 587 g/mol. The third kappa shape index (κ3) is 5.53. The third-order valence-electron chi connectivity index (χ3n) is 10.0. The number of aliphatic hydroxyl groups excluding tert-OH is 1. The van der Waals surface area contributed by atoms with E-state index < -0.39 is 17.7 Å². The monoisotopic (exact) mass is 586 g/mol. The molecule has 3 fully saturated rings. The number of rotatable bonds is 5. The molecule has 1 saturated heterocycles. The second-order valence-electron chi connectivity index (χ2n) is 12.5. The van der Waals surface area contributed by atoms with Crippen molar-refractivity contribution in [2.75, 3.05) is 54.0 Å². The highest BCUT2D eigenvalue weighted by Gasteiger charge is 2.58. The molecule has 2 saturated carbocycles. The quantitative estimate of drug-likeness (QED) is 0.455. The molecule has 3 heterocycles. The van der Waals surface area contributed by atoms with Gasteiger partial charge in [-0.15, -0.1) is 0 Å². The number of hydrogen-bond donors (Lipinski definition) is 3. The highest BCUT2D eigenvalue weighted by molar-refractivity contribution is 5.98. The van der Waals surface area contributed by atoms with Crippen LogP contribution in [-0.4, -0.2) is 73.7 Å². The van der Waals surface area contributed by atoms with Crippen LogP contribution in [0.1, 0.15) is 45.4 Å². The van der Waals surface area contributed by atoms with Crippen LogP contribution in [0.3, 0.4) is 0 Å². The fraction of sp³-hybridized carbons (Fsp3) is 0.613. The maximum atomic E-state index is 13.7. The number of benzene rings is 1. The number of carbonyl (C=O) groups excluding carboxylic acids is 1.